The van der Waals surface area contributed by atoms with E-state index in [4.69, 9.17) is 14.5 Å². The number of rotatable bonds is 5. The Labute approximate surface area is 179 Å². The van der Waals surface area contributed by atoms with Crippen LogP contribution >= 0.6 is 11.8 Å². The van der Waals surface area contributed by atoms with E-state index in [9.17, 15) is 9.59 Å². The van der Waals surface area contributed by atoms with Gasteiger partial charge in [-0.25, -0.2) is 4.98 Å². The van der Waals surface area contributed by atoms with Crippen LogP contribution in [0.5, 0.6) is 11.5 Å². The molecule has 0 unspecified atom stereocenters. The second-order valence-corrected chi connectivity index (χ2v) is 8.43. The number of thioether (sulfide) groups is 1. The van der Waals surface area contributed by atoms with Gasteiger partial charge in [0.2, 0.25) is 0 Å². The molecule has 0 spiro atoms. The van der Waals surface area contributed by atoms with Gasteiger partial charge in [-0.15, -0.1) is 0 Å². The summed E-state index contributed by atoms with van der Waals surface area (Å²) in [6, 6.07) is 12.6. The highest BCUT2D eigenvalue weighted by Crippen LogP contribution is 2.34. The molecule has 4 rings (SSSR count). The Morgan fingerprint density at radius 3 is 2.60 bits per heavy atom. The van der Waals surface area contributed by atoms with Crippen LogP contribution in [0.25, 0.3) is 16.6 Å². The predicted octanol–water partition coefficient (Wildman–Crippen LogP) is 4.40. The Morgan fingerprint density at radius 1 is 1.00 bits per heavy atom. The van der Waals surface area contributed by atoms with E-state index in [1.165, 1.54) is 11.8 Å². The van der Waals surface area contributed by atoms with E-state index < -0.39 is 0 Å². The molecule has 0 saturated heterocycles. The summed E-state index contributed by atoms with van der Waals surface area (Å²) in [5.41, 5.74) is 1.08. The number of hydrogen-bond acceptors (Lipinski definition) is 6. The minimum absolute atomic E-state index is 0.170. The molecule has 1 aliphatic rings. The molecule has 1 fully saturated rings. The number of aromatic nitrogens is 2. The van der Waals surface area contributed by atoms with Crippen LogP contribution in [-0.2, 0) is 4.79 Å². The summed E-state index contributed by atoms with van der Waals surface area (Å²) in [5.74, 6) is 1.34. The fourth-order valence-electron chi connectivity index (χ4n) is 3.76. The molecule has 30 heavy (non-hydrogen) atoms. The molecule has 1 saturated carbocycles. The Balaban J connectivity index is 1.88. The number of fused-ring (bicyclic) bond motifs is 1. The molecule has 1 aliphatic carbocycles. The zero-order valence-corrected chi connectivity index (χ0v) is 17.9. The number of Topliss-reactive ketones (excluding diaryl/α,β-unsaturated/α-hetero) is 1. The van der Waals surface area contributed by atoms with Crippen LogP contribution in [0.4, 0.5) is 0 Å². The van der Waals surface area contributed by atoms with Gasteiger partial charge in [0.05, 0.1) is 36.1 Å². The van der Waals surface area contributed by atoms with Crippen LogP contribution < -0.4 is 15.0 Å². The van der Waals surface area contributed by atoms with Gasteiger partial charge in [0.1, 0.15) is 5.78 Å². The second kappa shape index (κ2) is 8.92. The van der Waals surface area contributed by atoms with Crippen molar-refractivity contribution in [3.8, 4) is 17.2 Å². The first-order valence-corrected chi connectivity index (χ1v) is 10.9. The number of nitrogens with zero attached hydrogens (tertiary/aromatic N) is 2. The molecular formula is C23H24N2O4S. The van der Waals surface area contributed by atoms with Gasteiger partial charge < -0.3 is 9.47 Å². The quantitative estimate of drug-likeness (QED) is 0.447. The molecule has 0 bridgehead atoms. The predicted molar refractivity (Wildman–Crippen MR) is 118 cm³/mol. The van der Waals surface area contributed by atoms with Gasteiger partial charge in [0, 0.05) is 12.5 Å². The molecule has 3 aromatic rings. The monoisotopic (exact) mass is 424 g/mol. The molecule has 0 N–H and O–H groups in total. The van der Waals surface area contributed by atoms with Crippen LogP contribution in [0, 0.1) is 0 Å². The van der Waals surface area contributed by atoms with Crippen molar-refractivity contribution in [3.63, 3.8) is 0 Å². The average molecular weight is 425 g/mol. The van der Waals surface area contributed by atoms with Gasteiger partial charge in [0.15, 0.2) is 16.7 Å². The summed E-state index contributed by atoms with van der Waals surface area (Å²) < 4.78 is 12.3. The summed E-state index contributed by atoms with van der Waals surface area (Å²) in [5, 5.41) is 0.863. The summed E-state index contributed by atoms with van der Waals surface area (Å²) >= 11 is 1.39. The normalized spacial score (nSPS) is 17.0. The average Bonchev–Trinajstić information content (AvgIpc) is 2.97. The van der Waals surface area contributed by atoms with Gasteiger partial charge in [-0.05, 0) is 37.1 Å². The SMILES string of the molecule is COc1ccc(-n2c(S[C@@H]3CCCCCC3=O)nc3ccccc3c2=O)cc1OC. The van der Waals surface area contributed by atoms with Crippen molar-refractivity contribution < 1.29 is 14.3 Å². The van der Waals surface area contributed by atoms with Gasteiger partial charge in [0.25, 0.3) is 5.56 Å². The molecule has 6 nitrogen and oxygen atoms in total. The third-order valence-corrected chi connectivity index (χ3v) is 6.63. The maximum Gasteiger partial charge on any atom is 0.266 e. The fraction of sp³-hybridized carbons (Fsp3) is 0.348. The number of hydrogen-bond donors (Lipinski definition) is 0. The summed E-state index contributed by atoms with van der Waals surface area (Å²) in [6.07, 6.45) is 4.40. The highest BCUT2D eigenvalue weighted by Gasteiger charge is 2.25. The Morgan fingerprint density at radius 2 is 1.80 bits per heavy atom. The number of benzene rings is 2. The van der Waals surface area contributed by atoms with E-state index in [0.717, 1.165) is 25.7 Å². The van der Waals surface area contributed by atoms with Gasteiger partial charge in [-0.2, -0.15) is 0 Å². The lowest BCUT2D eigenvalue weighted by molar-refractivity contribution is -0.118. The number of methoxy groups -OCH3 is 2. The largest absolute Gasteiger partial charge is 0.493 e. The van der Waals surface area contributed by atoms with Crippen molar-refractivity contribution in [2.45, 2.75) is 42.5 Å². The number of carbonyl (C=O) groups excluding carboxylic acids is 1. The molecule has 0 amide bonds. The molecule has 156 valence electrons. The van der Waals surface area contributed by atoms with Crippen molar-refractivity contribution in [1.29, 1.82) is 0 Å². The van der Waals surface area contributed by atoms with Crippen molar-refractivity contribution in [1.82, 2.24) is 9.55 Å². The minimum atomic E-state index is -0.188. The van der Waals surface area contributed by atoms with E-state index in [1.54, 1.807) is 43.1 Å². The van der Waals surface area contributed by atoms with E-state index >= 15 is 0 Å². The van der Waals surface area contributed by atoms with E-state index in [-0.39, 0.29) is 16.6 Å². The van der Waals surface area contributed by atoms with Gasteiger partial charge in [-0.1, -0.05) is 36.7 Å². The molecule has 7 heteroatoms. The van der Waals surface area contributed by atoms with Crippen LogP contribution in [0.2, 0.25) is 0 Å². The zero-order chi connectivity index (χ0) is 21.1. The lowest BCUT2D eigenvalue weighted by Crippen LogP contribution is -2.24. The van der Waals surface area contributed by atoms with Crippen molar-refractivity contribution in [2.75, 3.05) is 14.2 Å². The first-order chi connectivity index (χ1) is 14.6. The number of ketones is 1. The van der Waals surface area contributed by atoms with Crippen LogP contribution in [0.15, 0.2) is 52.4 Å². The molecule has 0 radical (unpaired) electrons. The zero-order valence-electron chi connectivity index (χ0n) is 17.1. The molecule has 2 aromatic carbocycles. The van der Waals surface area contributed by atoms with Crippen molar-refractivity contribution in [2.24, 2.45) is 0 Å². The number of carbonyl (C=O) groups is 1. The highest BCUT2D eigenvalue weighted by atomic mass is 32.2. The van der Waals surface area contributed by atoms with E-state index in [0.29, 0.717) is 39.7 Å². The Hall–Kier alpha value is -2.80. The molecule has 1 heterocycles. The lowest BCUT2D eigenvalue weighted by atomic mass is 10.2. The maximum atomic E-state index is 13.4. The molecule has 1 atom stereocenters. The first-order valence-electron chi connectivity index (χ1n) is 10.1. The standard InChI is InChI=1S/C23H24N2O4S/c1-28-19-13-12-15(14-20(19)29-2)25-22(27)16-8-6-7-9-17(16)24-23(25)30-21-11-5-3-4-10-18(21)26/h6-9,12-14,21H,3-5,10-11H2,1-2H3/t21-/m1/s1. The highest BCUT2D eigenvalue weighted by molar-refractivity contribution is 8.00. The second-order valence-electron chi connectivity index (χ2n) is 7.26. The van der Waals surface area contributed by atoms with E-state index in [1.807, 2.05) is 18.2 Å². The first kappa shape index (κ1) is 20.5. The Bertz CT molecular complexity index is 1140. The third-order valence-electron chi connectivity index (χ3n) is 5.37. The van der Waals surface area contributed by atoms with Crippen LogP contribution in [-0.4, -0.2) is 34.8 Å². The van der Waals surface area contributed by atoms with Crippen LogP contribution in [0.3, 0.4) is 0 Å². The van der Waals surface area contributed by atoms with E-state index in [2.05, 4.69) is 0 Å². The topological polar surface area (TPSA) is 70.4 Å². The van der Waals surface area contributed by atoms with Crippen molar-refractivity contribution >= 4 is 28.4 Å². The molecule has 1 aromatic heterocycles. The van der Waals surface area contributed by atoms with Gasteiger partial charge >= 0.3 is 0 Å². The van der Waals surface area contributed by atoms with Crippen LogP contribution in [0.1, 0.15) is 32.1 Å². The minimum Gasteiger partial charge on any atom is -0.493 e. The molecule has 0 aliphatic heterocycles. The lowest BCUT2D eigenvalue weighted by Gasteiger charge is -2.18. The molecular weight excluding hydrogens is 400 g/mol. The Kier molecular flexibility index (Phi) is 6.08. The summed E-state index contributed by atoms with van der Waals surface area (Å²) in [4.78, 5) is 30.8. The maximum absolute atomic E-state index is 13.4. The van der Waals surface area contributed by atoms with Crippen molar-refractivity contribution in [3.05, 3.63) is 52.8 Å². The fourth-order valence-corrected chi connectivity index (χ4v) is 5.00. The smallest absolute Gasteiger partial charge is 0.266 e. The van der Waals surface area contributed by atoms with Gasteiger partial charge in [-0.3, -0.25) is 14.2 Å². The number of para-hydroxylation sites is 1. The summed E-state index contributed by atoms with van der Waals surface area (Å²) in [6.45, 7) is 0. The number of ether oxygens (including phenoxy) is 2. The third kappa shape index (κ3) is 3.94. The summed E-state index contributed by atoms with van der Waals surface area (Å²) in [7, 11) is 3.13.